The summed E-state index contributed by atoms with van der Waals surface area (Å²) in [4.78, 5) is 11.8. The van der Waals surface area contributed by atoms with Crippen molar-refractivity contribution in [1.29, 1.82) is 0 Å². The zero-order valence-electron chi connectivity index (χ0n) is 15.2. The van der Waals surface area contributed by atoms with Gasteiger partial charge in [-0.05, 0) is 30.9 Å². The van der Waals surface area contributed by atoms with Crippen molar-refractivity contribution in [2.45, 2.75) is 38.4 Å². The summed E-state index contributed by atoms with van der Waals surface area (Å²) >= 11 is 0. The van der Waals surface area contributed by atoms with Gasteiger partial charge in [0.1, 0.15) is 35.6 Å². The van der Waals surface area contributed by atoms with Gasteiger partial charge in [-0.3, -0.25) is 4.79 Å². The van der Waals surface area contributed by atoms with Crippen molar-refractivity contribution in [2.75, 3.05) is 13.7 Å². The Morgan fingerprint density at radius 3 is 2.48 bits per heavy atom. The molecule has 1 aliphatic heterocycles. The minimum Gasteiger partial charge on any atom is -0.506 e. The smallest absolute Gasteiger partial charge is 0.229 e. The number of phenols is 1. The molecule has 0 aliphatic carbocycles. The molecule has 3 rings (SSSR count). The molecule has 27 heavy (non-hydrogen) atoms. The van der Waals surface area contributed by atoms with Crippen LogP contribution in [0.2, 0.25) is 0 Å². The normalized spacial score (nSPS) is 25.0. The third-order valence-electron chi connectivity index (χ3n) is 4.67. The Bertz CT molecular complexity index is 878. The number of benzene rings is 2. The summed E-state index contributed by atoms with van der Waals surface area (Å²) in [5, 5.41) is 40.5. The van der Waals surface area contributed by atoms with Crippen LogP contribution in [0.4, 0.5) is 0 Å². The topological polar surface area (TPSA) is 126 Å². The molecule has 2 aromatic rings. The van der Waals surface area contributed by atoms with Crippen LogP contribution < -0.4 is 9.47 Å². The SMILES string of the molecule is COc1cc(O[C@@H]2O[C@H](CO)[C@@H](O)[C@H]2O)cc2cc(C)c(C(C)=O)c(O)c12. The summed E-state index contributed by atoms with van der Waals surface area (Å²) in [5.74, 6) is 0.104. The maximum atomic E-state index is 11.8. The average molecular weight is 378 g/mol. The van der Waals surface area contributed by atoms with Crippen LogP contribution in [0, 0.1) is 6.92 Å². The largest absolute Gasteiger partial charge is 0.506 e. The molecule has 4 atom stereocenters. The van der Waals surface area contributed by atoms with Crippen molar-refractivity contribution in [3.63, 3.8) is 0 Å². The summed E-state index contributed by atoms with van der Waals surface area (Å²) < 4.78 is 16.3. The first-order valence-corrected chi connectivity index (χ1v) is 8.42. The molecule has 1 fully saturated rings. The number of aryl methyl sites for hydroxylation is 1. The standard InChI is InChI=1S/C19H22O8/c1-8-4-10-5-11(26-19-18(24)16(22)13(7-20)27-19)6-12(25-3)15(10)17(23)14(8)9(2)21/h4-6,13,16,18-20,22-24H,7H2,1-3H3/t13-,16-,18-,19-/m1/s1. The molecular weight excluding hydrogens is 356 g/mol. The molecule has 1 aliphatic rings. The van der Waals surface area contributed by atoms with Gasteiger partial charge in [-0.25, -0.2) is 0 Å². The zero-order chi connectivity index (χ0) is 19.9. The highest BCUT2D eigenvalue weighted by atomic mass is 16.7. The number of carbonyl (C=O) groups is 1. The maximum Gasteiger partial charge on any atom is 0.229 e. The summed E-state index contributed by atoms with van der Waals surface area (Å²) in [6.45, 7) is 2.63. The van der Waals surface area contributed by atoms with Crippen LogP contribution in [0.25, 0.3) is 10.8 Å². The van der Waals surface area contributed by atoms with E-state index in [0.717, 1.165) is 0 Å². The molecule has 0 aromatic heterocycles. The van der Waals surface area contributed by atoms with Crippen molar-refractivity contribution in [3.05, 3.63) is 29.3 Å². The Kier molecular flexibility index (Phi) is 5.25. The third-order valence-corrected chi connectivity index (χ3v) is 4.67. The molecule has 1 heterocycles. The van der Waals surface area contributed by atoms with Crippen LogP contribution >= 0.6 is 0 Å². The molecule has 0 radical (unpaired) electrons. The molecule has 1 saturated heterocycles. The molecule has 2 aromatic carbocycles. The minimum absolute atomic E-state index is 0.172. The summed E-state index contributed by atoms with van der Waals surface area (Å²) in [5.41, 5.74) is 0.817. The summed E-state index contributed by atoms with van der Waals surface area (Å²) in [6, 6.07) is 4.80. The van der Waals surface area contributed by atoms with Gasteiger partial charge in [0.05, 0.1) is 24.7 Å². The number of aliphatic hydroxyl groups is 3. The second-order valence-electron chi connectivity index (χ2n) is 6.52. The van der Waals surface area contributed by atoms with Gasteiger partial charge in [0.15, 0.2) is 5.78 Å². The van der Waals surface area contributed by atoms with E-state index in [1.54, 1.807) is 19.1 Å². The average Bonchev–Trinajstić information content (AvgIpc) is 2.88. The molecule has 4 N–H and O–H groups in total. The maximum absolute atomic E-state index is 11.8. The second-order valence-corrected chi connectivity index (χ2v) is 6.52. The van der Waals surface area contributed by atoms with Gasteiger partial charge < -0.3 is 34.6 Å². The number of methoxy groups -OCH3 is 1. The van der Waals surface area contributed by atoms with Crippen LogP contribution in [0.5, 0.6) is 17.2 Å². The van der Waals surface area contributed by atoms with Gasteiger partial charge >= 0.3 is 0 Å². The van der Waals surface area contributed by atoms with E-state index in [2.05, 4.69) is 0 Å². The van der Waals surface area contributed by atoms with Crippen molar-refractivity contribution in [2.24, 2.45) is 0 Å². The lowest BCUT2D eigenvalue weighted by Gasteiger charge is -2.19. The number of ether oxygens (including phenoxy) is 3. The van der Waals surface area contributed by atoms with Gasteiger partial charge in [-0.15, -0.1) is 0 Å². The molecular formula is C19H22O8. The van der Waals surface area contributed by atoms with E-state index in [1.807, 2.05) is 0 Å². The highest BCUT2D eigenvalue weighted by molar-refractivity contribution is 6.07. The Balaban J connectivity index is 2.04. The van der Waals surface area contributed by atoms with Crippen LogP contribution in [0.3, 0.4) is 0 Å². The Morgan fingerprint density at radius 1 is 1.22 bits per heavy atom. The highest BCUT2D eigenvalue weighted by Gasteiger charge is 2.44. The van der Waals surface area contributed by atoms with E-state index in [-0.39, 0.29) is 28.6 Å². The van der Waals surface area contributed by atoms with Crippen molar-refractivity contribution in [3.8, 4) is 17.2 Å². The fourth-order valence-corrected chi connectivity index (χ4v) is 3.37. The number of aliphatic hydroxyl groups excluding tert-OH is 3. The van der Waals surface area contributed by atoms with E-state index in [9.17, 15) is 20.1 Å². The number of aromatic hydroxyl groups is 1. The molecule has 0 spiro atoms. The van der Waals surface area contributed by atoms with Crippen molar-refractivity contribution < 1.29 is 39.4 Å². The number of rotatable bonds is 5. The van der Waals surface area contributed by atoms with Crippen molar-refractivity contribution in [1.82, 2.24) is 0 Å². The number of hydrogen-bond donors (Lipinski definition) is 4. The van der Waals surface area contributed by atoms with Gasteiger partial charge in [0.25, 0.3) is 0 Å². The third kappa shape index (κ3) is 3.32. The molecule has 8 nitrogen and oxygen atoms in total. The van der Waals surface area contributed by atoms with Gasteiger partial charge in [-0.2, -0.15) is 0 Å². The predicted molar refractivity (Wildman–Crippen MR) is 95.3 cm³/mol. The first-order valence-electron chi connectivity index (χ1n) is 8.42. The van der Waals surface area contributed by atoms with E-state index in [0.29, 0.717) is 16.3 Å². The summed E-state index contributed by atoms with van der Waals surface area (Å²) in [6.07, 6.45) is -4.73. The molecule has 0 amide bonds. The number of fused-ring (bicyclic) bond motifs is 1. The number of ketones is 1. The second kappa shape index (κ2) is 7.32. The number of carbonyl (C=O) groups excluding carboxylic acids is 1. The fraction of sp³-hybridized carbons (Fsp3) is 0.421. The highest BCUT2D eigenvalue weighted by Crippen LogP contribution is 2.41. The Morgan fingerprint density at radius 2 is 1.93 bits per heavy atom. The lowest BCUT2D eigenvalue weighted by atomic mass is 9.97. The lowest BCUT2D eigenvalue weighted by molar-refractivity contribution is -0.116. The van der Waals surface area contributed by atoms with Crippen molar-refractivity contribution >= 4 is 16.6 Å². The summed E-state index contributed by atoms with van der Waals surface area (Å²) in [7, 11) is 1.41. The first kappa shape index (κ1) is 19.4. The Hall–Kier alpha value is -2.39. The molecule has 0 saturated carbocycles. The quantitative estimate of drug-likeness (QED) is 0.565. The molecule has 146 valence electrons. The van der Waals surface area contributed by atoms with Gasteiger partial charge in [0, 0.05) is 6.07 Å². The van der Waals surface area contributed by atoms with Crippen LogP contribution in [-0.2, 0) is 4.74 Å². The van der Waals surface area contributed by atoms with Gasteiger partial charge in [0.2, 0.25) is 6.29 Å². The number of hydrogen-bond acceptors (Lipinski definition) is 8. The van der Waals surface area contributed by atoms with Crippen LogP contribution in [0.1, 0.15) is 22.8 Å². The molecule has 0 unspecified atom stereocenters. The monoisotopic (exact) mass is 378 g/mol. The van der Waals surface area contributed by atoms with E-state index in [1.165, 1.54) is 20.1 Å². The minimum atomic E-state index is -1.33. The van der Waals surface area contributed by atoms with E-state index in [4.69, 9.17) is 19.3 Å². The first-order chi connectivity index (χ1) is 12.8. The number of Topliss-reactive ketones (excluding diaryl/α,β-unsaturated/α-hetero) is 1. The van der Waals surface area contributed by atoms with Crippen LogP contribution in [-0.4, -0.2) is 64.5 Å². The molecule has 8 heteroatoms. The predicted octanol–water partition coefficient (Wildman–Crippen LogP) is 0.883. The Labute approximate surface area is 155 Å². The zero-order valence-corrected chi connectivity index (χ0v) is 15.2. The lowest BCUT2D eigenvalue weighted by Crippen LogP contribution is -2.35. The van der Waals surface area contributed by atoms with Crippen LogP contribution in [0.15, 0.2) is 18.2 Å². The van der Waals surface area contributed by atoms with E-state index < -0.39 is 31.2 Å². The fourth-order valence-electron chi connectivity index (χ4n) is 3.37. The van der Waals surface area contributed by atoms with Gasteiger partial charge in [-0.1, -0.05) is 6.07 Å². The number of phenolic OH excluding ortho intramolecular Hbond substituents is 1. The molecule has 0 bridgehead atoms. The van der Waals surface area contributed by atoms with E-state index >= 15 is 0 Å².